The fourth-order valence-corrected chi connectivity index (χ4v) is 3.95. The zero-order valence-corrected chi connectivity index (χ0v) is 19.5. The summed E-state index contributed by atoms with van der Waals surface area (Å²) < 4.78 is 0. The van der Waals surface area contributed by atoms with Crippen molar-refractivity contribution >= 4 is 35.0 Å². The second kappa shape index (κ2) is 10.4. The molecule has 3 aromatic carbocycles. The predicted octanol–water partition coefficient (Wildman–Crippen LogP) is 4.78. The van der Waals surface area contributed by atoms with Gasteiger partial charge in [-0.15, -0.1) is 0 Å². The lowest BCUT2D eigenvalue weighted by Crippen LogP contribution is -2.31. The van der Waals surface area contributed by atoms with Crippen LogP contribution in [0.2, 0.25) is 0 Å². The highest BCUT2D eigenvalue weighted by atomic mass is 35.5. The van der Waals surface area contributed by atoms with Crippen molar-refractivity contribution in [3.05, 3.63) is 112 Å². The molecule has 0 atom stereocenters. The van der Waals surface area contributed by atoms with Crippen LogP contribution in [0.5, 0.6) is 0 Å². The number of imide groups is 1. The number of hydrogen-bond donors (Lipinski definition) is 1. The van der Waals surface area contributed by atoms with Crippen LogP contribution < -0.4 is 5.32 Å². The fourth-order valence-electron chi connectivity index (χ4n) is 3.72. The molecule has 3 amide bonds. The number of anilines is 1. The van der Waals surface area contributed by atoms with Crippen LogP contribution in [-0.4, -0.2) is 34.1 Å². The Bertz CT molecular complexity index is 1220. The van der Waals surface area contributed by atoms with Crippen molar-refractivity contribution in [1.82, 2.24) is 9.80 Å². The smallest absolute Gasteiger partial charge is 0.279 e. The minimum Gasteiger partial charge on any atom is -0.350 e. The van der Waals surface area contributed by atoms with E-state index >= 15 is 0 Å². The molecule has 0 saturated heterocycles. The first-order valence-electron chi connectivity index (χ1n) is 11.0. The SMILES string of the molecule is CCN(Cc1ccccc1)C(=O)c1ccc(NC2=C(Cl)C(=O)N(Cc3ccccc3)C2=O)cc1. The topological polar surface area (TPSA) is 69.7 Å². The number of halogens is 1. The Kier molecular flexibility index (Phi) is 7.09. The lowest BCUT2D eigenvalue weighted by Gasteiger charge is -2.21. The van der Waals surface area contributed by atoms with Gasteiger partial charge in [0.1, 0.15) is 10.7 Å². The first kappa shape index (κ1) is 23.3. The highest BCUT2D eigenvalue weighted by Gasteiger charge is 2.37. The maximum atomic E-state index is 13.0. The van der Waals surface area contributed by atoms with E-state index in [4.69, 9.17) is 11.6 Å². The molecule has 0 unspecified atom stereocenters. The van der Waals surface area contributed by atoms with E-state index < -0.39 is 11.8 Å². The summed E-state index contributed by atoms with van der Waals surface area (Å²) in [7, 11) is 0. The van der Waals surface area contributed by atoms with Crippen molar-refractivity contribution in [2.75, 3.05) is 11.9 Å². The molecule has 6 nitrogen and oxygen atoms in total. The molecule has 1 aliphatic rings. The zero-order chi connectivity index (χ0) is 24.1. The maximum Gasteiger partial charge on any atom is 0.279 e. The molecule has 0 aromatic heterocycles. The molecule has 1 N–H and O–H groups in total. The summed E-state index contributed by atoms with van der Waals surface area (Å²) in [6.45, 7) is 3.17. The molecule has 3 aromatic rings. The molecule has 7 heteroatoms. The monoisotopic (exact) mass is 473 g/mol. The van der Waals surface area contributed by atoms with Crippen molar-refractivity contribution < 1.29 is 14.4 Å². The molecular weight excluding hydrogens is 450 g/mol. The third kappa shape index (κ3) is 5.02. The Morgan fingerprint density at radius 3 is 2.03 bits per heavy atom. The number of amides is 3. The molecule has 0 radical (unpaired) electrons. The molecule has 0 saturated carbocycles. The van der Waals surface area contributed by atoms with Crippen LogP contribution in [0.3, 0.4) is 0 Å². The third-order valence-electron chi connectivity index (χ3n) is 5.58. The van der Waals surface area contributed by atoms with E-state index in [9.17, 15) is 14.4 Å². The highest BCUT2D eigenvalue weighted by molar-refractivity contribution is 6.48. The van der Waals surface area contributed by atoms with Crippen LogP contribution in [0.4, 0.5) is 5.69 Å². The summed E-state index contributed by atoms with van der Waals surface area (Å²) in [6, 6.07) is 25.8. The lowest BCUT2D eigenvalue weighted by molar-refractivity contribution is -0.138. The second-order valence-corrected chi connectivity index (χ2v) is 8.26. The van der Waals surface area contributed by atoms with Crippen molar-refractivity contribution in [3.63, 3.8) is 0 Å². The van der Waals surface area contributed by atoms with Crippen LogP contribution >= 0.6 is 11.6 Å². The Morgan fingerprint density at radius 2 is 1.44 bits per heavy atom. The van der Waals surface area contributed by atoms with Gasteiger partial charge in [0, 0.05) is 24.3 Å². The van der Waals surface area contributed by atoms with E-state index in [1.54, 1.807) is 29.2 Å². The standard InChI is InChI=1S/C27H24ClN3O3/c1-2-30(17-19-9-5-3-6-10-19)25(32)21-13-15-22(16-14-21)29-24-23(28)26(33)31(27(24)34)18-20-11-7-4-8-12-20/h3-16,29H,2,17-18H2,1H3. The number of carbonyl (C=O) groups excluding carboxylic acids is 3. The van der Waals surface area contributed by atoms with Crippen LogP contribution in [0.1, 0.15) is 28.4 Å². The van der Waals surface area contributed by atoms with Gasteiger partial charge in [-0.2, -0.15) is 0 Å². The number of hydrogen-bond acceptors (Lipinski definition) is 4. The minimum atomic E-state index is -0.538. The highest BCUT2D eigenvalue weighted by Crippen LogP contribution is 2.27. The number of nitrogens with zero attached hydrogens (tertiary/aromatic N) is 2. The van der Waals surface area contributed by atoms with Crippen molar-refractivity contribution in [3.8, 4) is 0 Å². The van der Waals surface area contributed by atoms with Crippen LogP contribution in [-0.2, 0) is 22.7 Å². The molecule has 1 heterocycles. The zero-order valence-electron chi connectivity index (χ0n) is 18.7. The van der Waals surface area contributed by atoms with Crippen LogP contribution in [0.15, 0.2) is 95.7 Å². The van der Waals surface area contributed by atoms with Gasteiger partial charge in [0.15, 0.2) is 0 Å². The molecule has 0 aliphatic carbocycles. The predicted molar refractivity (Wildman–Crippen MR) is 132 cm³/mol. The second-order valence-electron chi connectivity index (χ2n) is 7.88. The van der Waals surface area contributed by atoms with Crippen LogP contribution in [0, 0.1) is 0 Å². The van der Waals surface area contributed by atoms with E-state index in [0.717, 1.165) is 16.0 Å². The third-order valence-corrected chi connectivity index (χ3v) is 5.93. The maximum absolute atomic E-state index is 13.0. The lowest BCUT2D eigenvalue weighted by atomic mass is 10.1. The van der Waals surface area contributed by atoms with Crippen molar-refractivity contribution in [1.29, 1.82) is 0 Å². The van der Waals surface area contributed by atoms with Crippen LogP contribution in [0.25, 0.3) is 0 Å². The van der Waals surface area contributed by atoms with Crippen molar-refractivity contribution in [2.45, 2.75) is 20.0 Å². The Hall–Kier alpha value is -3.90. The van der Waals surface area contributed by atoms with Gasteiger partial charge in [-0.25, -0.2) is 0 Å². The molecule has 0 bridgehead atoms. The van der Waals surface area contributed by atoms with Gasteiger partial charge in [0.25, 0.3) is 17.7 Å². The number of rotatable bonds is 8. The molecular formula is C27H24ClN3O3. The number of nitrogens with one attached hydrogen (secondary N) is 1. The fraction of sp³-hybridized carbons (Fsp3) is 0.148. The summed E-state index contributed by atoms with van der Waals surface area (Å²) in [6.07, 6.45) is 0. The van der Waals surface area contributed by atoms with Gasteiger partial charge >= 0.3 is 0 Å². The molecule has 0 fully saturated rings. The molecule has 34 heavy (non-hydrogen) atoms. The summed E-state index contributed by atoms with van der Waals surface area (Å²) in [5.41, 5.74) is 3.00. The van der Waals surface area contributed by atoms with E-state index in [1.165, 1.54) is 0 Å². The molecule has 172 valence electrons. The van der Waals surface area contributed by atoms with E-state index in [0.29, 0.717) is 24.3 Å². The Balaban J connectivity index is 1.44. The van der Waals surface area contributed by atoms with Gasteiger partial charge in [0.05, 0.1) is 6.54 Å². The Morgan fingerprint density at radius 1 is 0.853 bits per heavy atom. The summed E-state index contributed by atoms with van der Waals surface area (Å²) in [5, 5.41) is 2.79. The molecule has 4 rings (SSSR count). The largest absolute Gasteiger partial charge is 0.350 e. The summed E-state index contributed by atoms with van der Waals surface area (Å²) in [4.78, 5) is 41.2. The minimum absolute atomic E-state index is 0.0286. The normalized spacial score (nSPS) is 13.4. The van der Waals surface area contributed by atoms with Crippen molar-refractivity contribution in [2.24, 2.45) is 0 Å². The van der Waals surface area contributed by atoms with E-state index in [2.05, 4.69) is 5.32 Å². The summed E-state index contributed by atoms with van der Waals surface area (Å²) >= 11 is 6.20. The number of benzene rings is 3. The van der Waals surface area contributed by atoms with E-state index in [1.807, 2.05) is 67.6 Å². The molecule has 0 spiro atoms. The first-order chi connectivity index (χ1) is 16.5. The Labute approximate surface area is 203 Å². The number of carbonyl (C=O) groups is 3. The van der Waals surface area contributed by atoms with E-state index in [-0.39, 0.29) is 23.2 Å². The average molecular weight is 474 g/mol. The average Bonchev–Trinajstić information content (AvgIpc) is 3.07. The van der Waals surface area contributed by atoms with Gasteiger partial charge in [-0.1, -0.05) is 72.3 Å². The summed E-state index contributed by atoms with van der Waals surface area (Å²) in [5.74, 6) is -1.11. The quantitative estimate of drug-likeness (QED) is 0.478. The van der Waals surface area contributed by atoms with Gasteiger partial charge in [-0.3, -0.25) is 19.3 Å². The first-order valence-corrected chi connectivity index (χ1v) is 11.4. The van der Waals surface area contributed by atoms with Gasteiger partial charge in [0.2, 0.25) is 0 Å². The molecule has 1 aliphatic heterocycles. The van der Waals surface area contributed by atoms with Gasteiger partial charge < -0.3 is 10.2 Å². The van der Waals surface area contributed by atoms with Gasteiger partial charge in [-0.05, 0) is 42.3 Å².